The summed E-state index contributed by atoms with van der Waals surface area (Å²) in [6.07, 6.45) is 0. The van der Waals surface area contributed by atoms with Crippen LogP contribution in [0.3, 0.4) is 0 Å². The Morgan fingerprint density at radius 3 is 0.927 bits per heavy atom. The molecule has 0 unspecified atom stereocenters. The Labute approximate surface area is 782 Å². The molecular formula is C90H100Br10Cl8F2. The highest BCUT2D eigenvalue weighted by molar-refractivity contribution is 9.12. The molecule has 0 radical (unpaired) electrons. The molecule has 110 heavy (non-hydrogen) atoms. The van der Waals surface area contributed by atoms with Gasteiger partial charge in [-0.15, -0.1) is 0 Å². The Hall–Kier alpha value is -0.820. The minimum absolute atomic E-state index is 0.122. The predicted octanol–water partition coefficient (Wildman–Crippen LogP) is 41.2. The summed E-state index contributed by atoms with van der Waals surface area (Å²) in [5.41, 5.74) is 11.3. The Morgan fingerprint density at radius 1 is 0.209 bits per heavy atom. The lowest BCUT2D eigenvalue weighted by Crippen LogP contribution is -1.93. The third kappa shape index (κ3) is 41.2. The second kappa shape index (κ2) is 55.8. The first-order valence-corrected chi connectivity index (χ1v) is 46.6. The van der Waals surface area contributed by atoms with Gasteiger partial charge in [-0.25, -0.2) is 8.78 Å². The largest absolute Gasteiger partial charge is 0.207 e. The van der Waals surface area contributed by atoms with Gasteiger partial charge in [0, 0.05) is 90.5 Å². The van der Waals surface area contributed by atoms with Crippen LogP contribution in [0.1, 0.15) is 253 Å². The average molecular weight is 2300 g/mol. The molecule has 0 atom stereocenters. The smallest absolute Gasteiger partial charge is 0.128 e. The molecule has 10 rings (SSSR count). The van der Waals surface area contributed by atoms with Crippen molar-refractivity contribution in [1.29, 1.82) is 0 Å². The van der Waals surface area contributed by atoms with E-state index in [4.69, 9.17) is 92.8 Å². The average Bonchev–Trinajstić information content (AvgIpc) is 0.860. The minimum atomic E-state index is -0.215. The lowest BCUT2D eigenvalue weighted by atomic mass is 10.0. The van der Waals surface area contributed by atoms with Crippen LogP contribution in [0.5, 0.6) is 0 Å². The fourth-order valence-corrected chi connectivity index (χ4v) is 18.8. The summed E-state index contributed by atoms with van der Waals surface area (Å²) in [6.45, 7) is 42.1. The van der Waals surface area contributed by atoms with Gasteiger partial charge in [-0.3, -0.25) is 0 Å². The second-order valence-electron chi connectivity index (χ2n) is 28.2. The van der Waals surface area contributed by atoms with E-state index in [1.807, 2.05) is 137 Å². The number of hydrogen-bond acceptors (Lipinski definition) is 0. The Morgan fingerprint density at radius 2 is 0.564 bits per heavy atom. The molecule has 0 aliphatic rings. The first-order chi connectivity index (χ1) is 51.1. The van der Waals surface area contributed by atoms with E-state index in [1.54, 1.807) is 18.2 Å². The van der Waals surface area contributed by atoms with Gasteiger partial charge in [0.1, 0.15) is 11.6 Å². The van der Waals surface area contributed by atoms with Gasteiger partial charge in [0.25, 0.3) is 0 Å². The first-order valence-electron chi connectivity index (χ1n) is 35.6. The molecule has 600 valence electrons. The molecule has 0 aromatic heterocycles. The maximum atomic E-state index is 13.0. The highest BCUT2D eigenvalue weighted by atomic mass is 79.9. The Bertz CT molecular complexity index is 3920. The van der Waals surface area contributed by atoms with E-state index in [1.165, 1.54) is 55.5 Å². The quantitative estimate of drug-likeness (QED) is 0.128. The van der Waals surface area contributed by atoms with Gasteiger partial charge in [-0.05, 0) is 261 Å². The van der Waals surface area contributed by atoms with Gasteiger partial charge >= 0.3 is 0 Å². The van der Waals surface area contributed by atoms with Crippen molar-refractivity contribution in [2.45, 2.75) is 198 Å². The van der Waals surface area contributed by atoms with Crippen molar-refractivity contribution in [2.75, 3.05) is 0 Å². The lowest BCUT2D eigenvalue weighted by Gasteiger charge is -2.09. The molecule has 0 bridgehead atoms. The van der Waals surface area contributed by atoms with Crippen LogP contribution < -0.4 is 0 Å². The summed E-state index contributed by atoms with van der Waals surface area (Å²) in [5, 5.41) is 6.14. The molecular weight excluding hydrogens is 2200 g/mol. The zero-order chi connectivity index (χ0) is 84.3. The van der Waals surface area contributed by atoms with Crippen LogP contribution >= 0.6 is 252 Å². The molecule has 0 N–H and O–H groups in total. The Kier molecular flexibility index (Phi) is 54.4. The molecule has 0 aliphatic heterocycles. The molecule has 0 amide bonds. The van der Waals surface area contributed by atoms with Crippen molar-refractivity contribution in [2.24, 2.45) is 0 Å². The molecule has 0 saturated carbocycles. The summed E-state index contributed by atoms with van der Waals surface area (Å²) in [6, 6.07) is 57.5. The van der Waals surface area contributed by atoms with Gasteiger partial charge in [0.2, 0.25) is 0 Å². The molecule has 20 heteroatoms. The molecule has 10 aromatic rings. The van der Waals surface area contributed by atoms with Crippen LogP contribution in [0.25, 0.3) is 0 Å². The topological polar surface area (TPSA) is 0 Å². The zero-order valence-electron chi connectivity index (χ0n) is 65.7. The molecule has 0 heterocycles. The lowest BCUT2D eigenvalue weighted by molar-refractivity contribution is 0.597. The molecule has 0 aliphatic carbocycles. The van der Waals surface area contributed by atoms with E-state index >= 15 is 0 Å². The van der Waals surface area contributed by atoms with E-state index in [0.29, 0.717) is 57.9 Å². The summed E-state index contributed by atoms with van der Waals surface area (Å²) >= 11 is 81.6. The van der Waals surface area contributed by atoms with Crippen molar-refractivity contribution in [3.8, 4) is 0 Å². The normalized spacial score (nSPS) is 10.6. The van der Waals surface area contributed by atoms with E-state index in [9.17, 15) is 8.78 Å². The zero-order valence-corrected chi connectivity index (χ0v) is 87.6. The Balaban J connectivity index is 0.000000611. The van der Waals surface area contributed by atoms with Gasteiger partial charge in [-0.1, -0.05) is 421 Å². The summed E-state index contributed by atoms with van der Waals surface area (Å²) in [4.78, 5) is 0. The summed E-state index contributed by atoms with van der Waals surface area (Å²) in [7, 11) is 0. The van der Waals surface area contributed by atoms with Gasteiger partial charge in [0.15, 0.2) is 0 Å². The van der Waals surface area contributed by atoms with E-state index < -0.39 is 0 Å². The highest BCUT2D eigenvalue weighted by Crippen LogP contribution is 2.36. The van der Waals surface area contributed by atoms with Crippen LogP contribution in [-0.2, 0) is 0 Å². The fraction of sp³-hybridized carbons (Fsp3) is 0.333. The van der Waals surface area contributed by atoms with Crippen molar-refractivity contribution in [3.63, 3.8) is 0 Å². The van der Waals surface area contributed by atoms with Gasteiger partial charge in [-0.2, -0.15) is 0 Å². The number of benzene rings is 10. The third-order valence-electron chi connectivity index (χ3n) is 15.8. The van der Waals surface area contributed by atoms with Crippen molar-refractivity contribution in [3.05, 3.63) is 334 Å². The van der Waals surface area contributed by atoms with Crippen LogP contribution in [0, 0.1) is 11.6 Å². The summed E-state index contributed by atoms with van der Waals surface area (Å²) in [5.74, 6) is 4.10. The minimum Gasteiger partial charge on any atom is -0.207 e. The highest BCUT2D eigenvalue weighted by Gasteiger charge is 2.14. The summed E-state index contributed by atoms with van der Waals surface area (Å²) < 4.78 is 37.0. The second-order valence-corrected chi connectivity index (χ2v) is 40.4. The predicted molar refractivity (Wildman–Crippen MR) is 522 cm³/mol. The SMILES string of the molecule is CC(C)c1c(Cl)cccc1Br.CC(C)c1c(Cl)cccc1Cl.CC(C)c1c(F)cccc1Cl.CC(C)c1cc(Br)cc(Br)c1.CC(C)c1cc(Br)ccc1Br.CC(C)c1cc(Br)ccc1Cl.CC(C)c1cc(Br)ccc1F.CC(C)c1cc(Cl)ccc1Br.CC(C)c1ccc(Br)cc1Cl.CC(C)c1ccc(Cl)cc1Br. The van der Waals surface area contributed by atoms with E-state index in [-0.39, 0.29) is 23.5 Å². The number of rotatable bonds is 10. The van der Waals surface area contributed by atoms with E-state index in [0.717, 1.165) is 86.5 Å². The van der Waals surface area contributed by atoms with Crippen molar-refractivity contribution < 1.29 is 8.78 Å². The molecule has 10 aromatic carbocycles. The van der Waals surface area contributed by atoms with Gasteiger partial charge in [0.05, 0.1) is 0 Å². The standard InChI is InChI=1S/2C9H10Br2.5C9H10BrCl.C9H10BrF.C9H10Cl2.C9H10ClF/c1-6(2)7-3-8(10)5-9(11)4-7;1-6(2)8-5-7(10)3-4-9(8)11;1-6(2)8-5-7(11)3-4-9(8)10;1-6(2)8-5-7(10)3-4-9(8)11;1-6(2)8-4-3-7(11)5-9(8)10;1-6(2)8-4-3-7(10)5-9(8)11;1-6(2)9-7(10)4-3-5-8(9)11;1-6(2)8-5-7(10)3-4-9(8)11;2*1-6(2)9-7(10)4-3-5-8(9)11/h10*3-6H,1-2H3. The number of halogens is 20. The van der Waals surface area contributed by atoms with Crippen molar-refractivity contribution >= 4 is 252 Å². The maximum absolute atomic E-state index is 13.0. The molecule has 0 spiro atoms. The van der Waals surface area contributed by atoms with Crippen LogP contribution in [0.4, 0.5) is 8.78 Å². The molecule has 0 saturated heterocycles. The number of hydrogen-bond donors (Lipinski definition) is 0. The third-order valence-corrected chi connectivity index (χ3v) is 23.9. The van der Waals surface area contributed by atoms with Gasteiger partial charge < -0.3 is 0 Å². The monoisotopic (exact) mass is 2290 g/mol. The van der Waals surface area contributed by atoms with Crippen LogP contribution in [-0.4, -0.2) is 0 Å². The van der Waals surface area contributed by atoms with E-state index in [2.05, 4.69) is 313 Å². The maximum Gasteiger partial charge on any atom is 0.128 e. The van der Waals surface area contributed by atoms with Crippen LogP contribution in [0.2, 0.25) is 40.2 Å². The van der Waals surface area contributed by atoms with Crippen molar-refractivity contribution in [1.82, 2.24) is 0 Å². The first kappa shape index (κ1) is 107. The molecule has 0 nitrogen and oxygen atoms in total. The fourth-order valence-electron chi connectivity index (χ4n) is 9.86. The van der Waals surface area contributed by atoms with Crippen LogP contribution in [0.15, 0.2) is 227 Å². The molecule has 0 fully saturated rings.